The Bertz CT molecular complexity index is 877. The Labute approximate surface area is 157 Å². The molecule has 3 N–H and O–H groups in total. The van der Waals surface area contributed by atoms with Crippen molar-refractivity contribution in [1.29, 1.82) is 5.26 Å². The van der Waals surface area contributed by atoms with Gasteiger partial charge in [-0.15, -0.1) is 0 Å². The van der Waals surface area contributed by atoms with Crippen LogP contribution in [0.4, 0.5) is 4.79 Å². The van der Waals surface area contributed by atoms with Crippen molar-refractivity contribution in [2.24, 2.45) is 5.73 Å². The largest absolute Gasteiger partial charge is 0.485 e. The number of aliphatic hydroxyl groups is 1. The van der Waals surface area contributed by atoms with Crippen molar-refractivity contribution in [2.45, 2.75) is 38.2 Å². The molecule has 0 saturated heterocycles. The third-order valence-corrected chi connectivity index (χ3v) is 4.52. The number of rotatable bonds is 4. The number of nitrogens with zero attached hydrogens (tertiary/aromatic N) is 2. The number of primary amides is 1. The van der Waals surface area contributed by atoms with E-state index in [0.29, 0.717) is 16.9 Å². The van der Waals surface area contributed by atoms with Crippen molar-refractivity contribution in [3.05, 3.63) is 65.2 Å². The van der Waals surface area contributed by atoms with Crippen molar-refractivity contribution >= 4 is 6.03 Å². The van der Waals surface area contributed by atoms with E-state index in [1.807, 2.05) is 36.4 Å². The topological polar surface area (TPSA) is 109 Å². The minimum atomic E-state index is -1.12. The smallest absolute Gasteiger partial charge is 0.339 e. The summed E-state index contributed by atoms with van der Waals surface area (Å²) < 4.78 is 5.86. The Morgan fingerprint density at radius 3 is 2.67 bits per heavy atom. The Hall–Kier alpha value is -3.08. The van der Waals surface area contributed by atoms with Gasteiger partial charge in [-0.25, -0.2) is 4.79 Å². The van der Waals surface area contributed by atoms with E-state index in [1.54, 1.807) is 32.0 Å². The van der Waals surface area contributed by atoms with Gasteiger partial charge >= 0.3 is 6.03 Å². The number of amides is 2. The Kier molecular flexibility index (Phi) is 5.04. The van der Waals surface area contributed by atoms with Crippen LogP contribution in [0.15, 0.2) is 48.5 Å². The average molecular weight is 367 g/mol. The van der Waals surface area contributed by atoms with E-state index in [1.165, 1.54) is 0 Å². The zero-order valence-corrected chi connectivity index (χ0v) is 15.1. The summed E-state index contributed by atoms with van der Waals surface area (Å²) in [4.78, 5) is 17.8. The van der Waals surface area contributed by atoms with E-state index in [9.17, 15) is 15.2 Å². The Morgan fingerprint density at radius 2 is 2.04 bits per heavy atom. The standard InChI is InChI=1S/C20H21N3O4/c1-20(2)18(24)17(15-10-14(11-21)8-9-16(15)27-20)23(19(22)25)26-12-13-6-4-3-5-7-13/h3-10,17-18,24H,12H2,1-2H3,(H2,22,25)/t17-,18+/m0/s1. The van der Waals surface area contributed by atoms with Gasteiger partial charge in [0.05, 0.1) is 11.6 Å². The van der Waals surface area contributed by atoms with Crippen LogP contribution in [0.5, 0.6) is 5.75 Å². The number of hydrogen-bond donors (Lipinski definition) is 2. The van der Waals surface area contributed by atoms with E-state index in [0.717, 1.165) is 10.6 Å². The average Bonchev–Trinajstić information content (AvgIpc) is 2.64. The van der Waals surface area contributed by atoms with E-state index < -0.39 is 23.8 Å². The van der Waals surface area contributed by atoms with Gasteiger partial charge in [0.15, 0.2) is 0 Å². The summed E-state index contributed by atoms with van der Waals surface area (Å²) in [6.07, 6.45) is -1.12. The lowest BCUT2D eigenvalue weighted by atomic mass is 9.86. The molecule has 27 heavy (non-hydrogen) atoms. The lowest BCUT2D eigenvalue weighted by Gasteiger charge is -2.45. The molecule has 2 aromatic carbocycles. The van der Waals surface area contributed by atoms with Gasteiger partial charge in [-0.1, -0.05) is 30.3 Å². The number of fused-ring (bicyclic) bond motifs is 1. The summed E-state index contributed by atoms with van der Waals surface area (Å²) in [7, 11) is 0. The van der Waals surface area contributed by atoms with Gasteiger partial charge in [0, 0.05) is 5.56 Å². The number of carbonyl (C=O) groups excluding carboxylic acids is 1. The first-order valence-corrected chi connectivity index (χ1v) is 8.50. The molecule has 0 radical (unpaired) electrons. The summed E-state index contributed by atoms with van der Waals surface area (Å²) in [6, 6.07) is 14.4. The van der Waals surface area contributed by atoms with Crippen molar-refractivity contribution in [1.82, 2.24) is 5.06 Å². The van der Waals surface area contributed by atoms with Crippen molar-refractivity contribution in [3.63, 3.8) is 0 Å². The summed E-state index contributed by atoms with van der Waals surface area (Å²) in [5, 5.41) is 21.1. The minimum absolute atomic E-state index is 0.0988. The van der Waals surface area contributed by atoms with Crippen LogP contribution < -0.4 is 10.5 Å². The molecule has 0 unspecified atom stereocenters. The number of benzene rings is 2. The first kappa shape index (κ1) is 18.7. The molecule has 7 nitrogen and oxygen atoms in total. The number of aliphatic hydroxyl groups excluding tert-OH is 1. The molecule has 0 fully saturated rings. The molecular weight excluding hydrogens is 346 g/mol. The van der Waals surface area contributed by atoms with Gasteiger partial charge in [0.1, 0.15) is 30.1 Å². The van der Waals surface area contributed by atoms with Gasteiger partial charge in [-0.05, 0) is 37.6 Å². The molecule has 0 aromatic heterocycles. The summed E-state index contributed by atoms with van der Waals surface area (Å²) in [5.74, 6) is 0.462. The van der Waals surface area contributed by atoms with Crippen LogP contribution in [0.1, 0.15) is 36.6 Å². The van der Waals surface area contributed by atoms with Crippen LogP contribution in [0.25, 0.3) is 0 Å². The SMILES string of the molecule is CC1(C)Oc2ccc(C#N)cc2[C@H](N(OCc2ccccc2)C(N)=O)[C@H]1O. The van der Waals surface area contributed by atoms with Crippen LogP contribution >= 0.6 is 0 Å². The molecule has 3 rings (SSSR count). The maximum Gasteiger partial charge on any atom is 0.339 e. The maximum absolute atomic E-state index is 12.1. The second kappa shape index (κ2) is 7.27. The lowest BCUT2D eigenvalue weighted by molar-refractivity contribution is -0.202. The zero-order chi connectivity index (χ0) is 19.6. The number of ether oxygens (including phenoxy) is 1. The van der Waals surface area contributed by atoms with Crippen molar-refractivity contribution in [2.75, 3.05) is 0 Å². The minimum Gasteiger partial charge on any atom is -0.485 e. The number of carbonyl (C=O) groups is 1. The maximum atomic E-state index is 12.1. The first-order valence-electron chi connectivity index (χ1n) is 8.50. The second-order valence-electron chi connectivity index (χ2n) is 6.88. The zero-order valence-electron chi connectivity index (χ0n) is 15.1. The van der Waals surface area contributed by atoms with E-state index in [4.69, 9.17) is 15.3 Å². The monoisotopic (exact) mass is 367 g/mol. The normalized spacial score (nSPS) is 20.1. The molecule has 1 aliphatic rings. The lowest BCUT2D eigenvalue weighted by Crippen LogP contribution is -2.55. The summed E-state index contributed by atoms with van der Waals surface area (Å²) in [5.41, 5.74) is 6.25. The number of hydrogen-bond acceptors (Lipinski definition) is 5. The van der Waals surface area contributed by atoms with Crippen molar-refractivity contribution < 1.29 is 19.5 Å². The highest BCUT2D eigenvalue weighted by molar-refractivity contribution is 5.72. The fourth-order valence-corrected chi connectivity index (χ4v) is 3.09. The second-order valence-corrected chi connectivity index (χ2v) is 6.88. The highest BCUT2D eigenvalue weighted by atomic mass is 16.7. The molecule has 0 saturated carbocycles. The van der Waals surface area contributed by atoms with Crippen molar-refractivity contribution in [3.8, 4) is 11.8 Å². The van der Waals surface area contributed by atoms with Crippen LogP contribution in [0, 0.1) is 11.3 Å². The quantitative estimate of drug-likeness (QED) is 0.808. The number of hydroxylamine groups is 2. The van der Waals surface area contributed by atoms with Crippen LogP contribution in [-0.4, -0.2) is 27.9 Å². The Balaban J connectivity index is 1.99. The fraction of sp³-hybridized carbons (Fsp3) is 0.300. The van der Waals surface area contributed by atoms with Crippen LogP contribution in [0.3, 0.4) is 0 Å². The summed E-state index contributed by atoms with van der Waals surface area (Å²) in [6.45, 7) is 3.52. The number of nitrogens with two attached hydrogens (primary N) is 1. The van der Waals surface area contributed by atoms with E-state index in [2.05, 4.69) is 0 Å². The molecule has 0 bridgehead atoms. The van der Waals surface area contributed by atoms with E-state index >= 15 is 0 Å². The fourth-order valence-electron chi connectivity index (χ4n) is 3.09. The number of nitriles is 1. The molecule has 1 heterocycles. The molecule has 0 aliphatic carbocycles. The molecule has 2 aromatic rings. The molecule has 7 heteroatoms. The predicted molar refractivity (Wildman–Crippen MR) is 97.3 cm³/mol. The van der Waals surface area contributed by atoms with Gasteiger partial charge in [0.2, 0.25) is 0 Å². The molecule has 1 aliphatic heterocycles. The van der Waals surface area contributed by atoms with Gasteiger partial charge in [-0.2, -0.15) is 10.3 Å². The third kappa shape index (κ3) is 3.72. The molecule has 2 atom stereocenters. The molecule has 140 valence electrons. The molecular formula is C20H21N3O4. The van der Waals surface area contributed by atoms with Crippen LogP contribution in [-0.2, 0) is 11.4 Å². The summed E-state index contributed by atoms with van der Waals surface area (Å²) >= 11 is 0. The van der Waals surface area contributed by atoms with Gasteiger partial charge < -0.3 is 15.6 Å². The predicted octanol–water partition coefficient (Wildman–Crippen LogP) is 2.64. The van der Waals surface area contributed by atoms with Gasteiger partial charge in [0.25, 0.3) is 0 Å². The number of urea groups is 1. The third-order valence-electron chi connectivity index (χ3n) is 4.52. The highest BCUT2D eigenvalue weighted by Gasteiger charge is 2.47. The molecule has 0 spiro atoms. The molecule has 2 amide bonds. The Morgan fingerprint density at radius 1 is 1.33 bits per heavy atom. The first-order chi connectivity index (χ1) is 12.8. The van der Waals surface area contributed by atoms with Gasteiger partial charge in [-0.3, -0.25) is 4.84 Å². The van der Waals surface area contributed by atoms with Crippen LogP contribution in [0.2, 0.25) is 0 Å². The van der Waals surface area contributed by atoms with E-state index in [-0.39, 0.29) is 6.61 Å². The highest BCUT2D eigenvalue weighted by Crippen LogP contribution is 2.43.